The van der Waals surface area contributed by atoms with E-state index in [1.54, 1.807) is 7.11 Å². The van der Waals surface area contributed by atoms with Crippen LogP contribution in [0, 0.1) is 11.3 Å². The summed E-state index contributed by atoms with van der Waals surface area (Å²) in [4.78, 5) is 19.7. The third kappa shape index (κ3) is 2.94. The zero-order valence-electron chi connectivity index (χ0n) is 14.4. The van der Waals surface area contributed by atoms with E-state index in [-0.39, 0.29) is 5.56 Å². The van der Waals surface area contributed by atoms with Gasteiger partial charge < -0.3 is 9.72 Å². The Morgan fingerprint density at radius 2 is 2.12 bits per heavy atom. The standard InChI is InChI=1S/C20H26N2O2/c1-24-15-8-9-16-18(12-15)22-19(23)17(21-16)7-3-2-6-14-13-20(14)10-4-5-11-20/h8-9,12,14H,2-7,10-11,13H2,1H3,(H,22,23). The van der Waals surface area contributed by atoms with Crippen LogP contribution in [0.2, 0.25) is 0 Å². The van der Waals surface area contributed by atoms with Crippen molar-refractivity contribution in [3.8, 4) is 5.75 Å². The molecule has 0 bridgehead atoms. The number of rotatable bonds is 6. The van der Waals surface area contributed by atoms with E-state index in [0.717, 1.165) is 41.0 Å². The molecule has 2 aliphatic rings. The van der Waals surface area contributed by atoms with E-state index in [2.05, 4.69) is 9.97 Å². The van der Waals surface area contributed by atoms with Crippen LogP contribution in [0.15, 0.2) is 23.0 Å². The molecular weight excluding hydrogens is 300 g/mol. The average molecular weight is 326 g/mol. The van der Waals surface area contributed by atoms with Crippen LogP contribution in [0.25, 0.3) is 11.0 Å². The Morgan fingerprint density at radius 1 is 1.29 bits per heavy atom. The summed E-state index contributed by atoms with van der Waals surface area (Å²) in [5, 5.41) is 0. The molecular formula is C20H26N2O2. The highest BCUT2D eigenvalue weighted by molar-refractivity contribution is 5.75. The predicted octanol–water partition coefficient (Wildman–Crippen LogP) is 4.22. The highest BCUT2D eigenvalue weighted by Gasteiger charge is 2.53. The Hall–Kier alpha value is -1.84. The lowest BCUT2D eigenvalue weighted by atomic mass is 9.98. The van der Waals surface area contributed by atoms with Crippen LogP contribution in [0.1, 0.15) is 57.1 Å². The minimum Gasteiger partial charge on any atom is -0.497 e. The van der Waals surface area contributed by atoms with Crippen molar-refractivity contribution < 1.29 is 4.74 Å². The molecule has 1 unspecified atom stereocenters. The first-order valence-electron chi connectivity index (χ1n) is 9.27. The van der Waals surface area contributed by atoms with E-state index >= 15 is 0 Å². The zero-order chi connectivity index (χ0) is 16.6. The third-order valence-electron chi connectivity index (χ3n) is 6.14. The van der Waals surface area contributed by atoms with Crippen molar-refractivity contribution in [2.24, 2.45) is 11.3 Å². The lowest BCUT2D eigenvalue weighted by Crippen LogP contribution is -2.15. The topological polar surface area (TPSA) is 55.0 Å². The summed E-state index contributed by atoms with van der Waals surface area (Å²) in [6, 6.07) is 5.61. The Morgan fingerprint density at radius 3 is 2.92 bits per heavy atom. The number of hydrogen-bond acceptors (Lipinski definition) is 3. The number of ether oxygens (including phenoxy) is 1. The minimum atomic E-state index is -0.0607. The van der Waals surface area contributed by atoms with Gasteiger partial charge in [-0.2, -0.15) is 0 Å². The molecule has 0 saturated heterocycles. The summed E-state index contributed by atoms with van der Waals surface area (Å²) in [5.41, 5.74) is 2.92. The number of unbranched alkanes of at least 4 members (excludes halogenated alkanes) is 1. The van der Waals surface area contributed by atoms with Crippen molar-refractivity contribution in [2.75, 3.05) is 7.11 Å². The number of hydrogen-bond donors (Lipinski definition) is 1. The SMILES string of the molecule is COc1ccc2nc(CCCCC3CC34CCCC4)c(=O)[nH]c2c1. The minimum absolute atomic E-state index is 0.0607. The summed E-state index contributed by atoms with van der Waals surface area (Å²) < 4.78 is 5.19. The number of fused-ring (bicyclic) bond motifs is 1. The molecule has 4 heteroatoms. The maximum absolute atomic E-state index is 12.2. The Kier molecular flexibility index (Phi) is 4.07. The molecule has 0 radical (unpaired) electrons. The molecule has 1 aromatic heterocycles. The van der Waals surface area contributed by atoms with Gasteiger partial charge in [0.1, 0.15) is 11.4 Å². The van der Waals surface area contributed by atoms with Gasteiger partial charge in [0, 0.05) is 6.07 Å². The number of aryl methyl sites for hydroxylation is 1. The number of nitrogens with one attached hydrogen (secondary N) is 1. The summed E-state index contributed by atoms with van der Waals surface area (Å²) in [7, 11) is 1.62. The van der Waals surface area contributed by atoms with E-state index in [4.69, 9.17) is 4.74 Å². The van der Waals surface area contributed by atoms with Gasteiger partial charge in [-0.1, -0.05) is 19.3 Å². The molecule has 4 nitrogen and oxygen atoms in total. The van der Waals surface area contributed by atoms with Gasteiger partial charge in [-0.3, -0.25) is 4.79 Å². The van der Waals surface area contributed by atoms with E-state index in [1.165, 1.54) is 44.9 Å². The number of benzene rings is 1. The Bertz CT molecular complexity index is 790. The van der Waals surface area contributed by atoms with Crippen LogP contribution in [0.4, 0.5) is 0 Å². The monoisotopic (exact) mass is 326 g/mol. The summed E-state index contributed by atoms with van der Waals surface area (Å²) in [6.45, 7) is 0. The average Bonchev–Trinajstić information content (AvgIpc) is 3.03. The van der Waals surface area contributed by atoms with Gasteiger partial charge >= 0.3 is 0 Å². The molecule has 2 aliphatic carbocycles. The quantitative estimate of drug-likeness (QED) is 0.808. The first-order chi connectivity index (χ1) is 11.7. The number of aromatic amines is 1. The van der Waals surface area contributed by atoms with Gasteiger partial charge in [-0.25, -0.2) is 4.98 Å². The van der Waals surface area contributed by atoms with Crippen molar-refractivity contribution in [1.29, 1.82) is 0 Å². The van der Waals surface area contributed by atoms with Crippen LogP contribution in [-0.4, -0.2) is 17.1 Å². The summed E-state index contributed by atoms with van der Waals surface area (Å²) in [6.07, 6.45) is 11.7. The van der Waals surface area contributed by atoms with Crippen LogP contribution in [0.3, 0.4) is 0 Å². The second kappa shape index (κ2) is 6.23. The molecule has 1 aromatic carbocycles. The molecule has 0 amide bonds. The van der Waals surface area contributed by atoms with Gasteiger partial charge in [-0.15, -0.1) is 0 Å². The second-order valence-electron chi connectivity index (χ2n) is 7.61. The maximum Gasteiger partial charge on any atom is 0.270 e. The predicted molar refractivity (Wildman–Crippen MR) is 95.5 cm³/mol. The van der Waals surface area contributed by atoms with Crippen LogP contribution >= 0.6 is 0 Å². The molecule has 1 N–H and O–H groups in total. The molecule has 2 fully saturated rings. The summed E-state index contributed by atoms with van der Waals surface area (Å²) in [5.74, 6) is 1.70. The Balaban J connectivity index is 1.34. The third-order valence-corrected chi connectivity index (χ3v) is 6.14. The van der Waals surface area contributed by atoms with Gasteiger partial charge in [-0.05, 0) is 62.0 Å². The Labute approximate surface area is 142 Å². The molecule has 128 valence electrons. The second-order valence-corrected chi connectivity index (χ2v) is 7.61. The molecule has 1 spiro atoms. The van der Waals surface area contributed by atoms with E-state index in [0.29, 0.717) is 5.69 Å². The number of aromatic nitrogens is 2. The number of nitrogens with zero attached hydrogens (tertiary/aromatic N) is 1. The lowest BCUT2D eigenvalue weighted by Gasteiger charge is -2.08. The van der Waals surface area contributed by atoms with E-state index < -0.39 is 0 Å². The first-order valence-corrected chi connectivity index (χ1v) is 9.27. The fourth-order valence-electron chi connectivity index (χ4n) is 4.61. The van der Waals surface area contributed by atoms with Gasteiger partial charge in [0.2, 0.25) is 0 Å². The molecule has 0 aliphatic heterocycles. The molecule has 2 saturated carbocycles. The molecule has 1 atom stereocenters. The molecule has 4 rings (SSSR count). The van der Waals surface area contributed by atoms with Gasteiger partial charge in [0.25, 0.3) is 5.56 Å². The van der Waals surface area contributed by atoms with Crippen molar-refractivity contribution in [3.63, 3.8) is 0 Å². The number of methoxy groups -OCH3 is 1. The van der Waals surface area contributed by atoms with Crippen molar-refractivity contribution >= 4 is 11.0 Å². The van der Waals surface area contributed by atoms with E-state index in [9.17, 15) is 4.79 Å². The van der Waals surface area contributed by atoms with Gasteiger partial charge in [0.05, 0.1) is 18.1 Å². The van der Waals surface area contributed by atoms with E-state index in [1.807, 2.05) is 18.2 Å². The number of H-pyrrole nitrogens is 1. The lowest BCUT2D eigenvalue weighted by molar-refractivity contribution is 0.415. The highest BCUT2D eigenvalue weighted by atomic mass is 16.5. The highest BCUT2D eigenvalue weighted by Crippen LogP contribution is 2.64. The largest absolute Gasteiger partial charge is 0.497 e. The van der Waals surface area contributed by atoms with Gasteiger partial charge in [0.15, 0.2) is 0 Å². The summed E-state index contributed by atoms with van der Waals surface area (Å²) >= 11 is 0. The molecule has 24 heavy (non-hydrogen) atoms. The van der Waals surface area contributed by atoms with Crippen molar-refractivity contribution in [3.05, 3.63) is 34.2 Å². The molecule has 1 heterocycles. The fourth-order valence-corrected chi connectivity index (χ4v) is 4.61. The van der Waals surface area contributed by atoms with Crippen LogP contribution in [-0.2, 0) is 6.42 Å². The van der Waals surface area contributed by atoms with Crippen LogP contribution in [0.5, 0.6) is 5.75 Å². The smallest absolute Gasteiger partial charge is 0.270 e. The van der Waals surface area contributed by atoms with Crippen molar-refractivity contribution in [1.82, 2.24) is 9.97 Å². The van der Waals surface area contributed by atoms with Crippen LogP contribution < -0.4 is 10.3 Å². The fraction of sp³-hybridized carbons (Fsp3) is 0.600. The normalized spacial score (nSPS) is 21.5. The first kappa shape index (κ1) is 15.7. The maximum atomic E-state index is 12.2. The van der Waals surface area contributed by atoms with Crippen molar-refractivity contribution in [2.45, 2.75) is 57.8 Å². The molecule has 2 aromatic rings. The zero-order valence-corrected chi connectivity index (χ0v) is 14.4.